The monoisotopic (exact) mass is 923 g/mol. The Morgan fingerprint density at radius 1 is 0.662 bits per heavy atom. The van der Waals surface area contributed by atoms with Crippen molar-refractivity contribution in [3.8, 4) is 0 Å². The lowest BCUT2D eigenvalue weighted by Crippen LogP contribution is -2.61. The van der Waals surface area contributed by atoms with E-state index >= 15 is 0 Å². The van der Waals surface area contributed by atoms with Crippen molar-refractivity contribution in [2.75, 3.05) is 0 Å². The van der Waals surface area contributed by atoms with Crippen molar-refractivity contribution in [1.29, 1.82) is 0 Å². The number of ether oxygens (including phenoxy) is 4. The van der Waals surface area contributed by atoms with Crippen LogP contribution >= 0.6 is 0 Å². The van der Waals surface area contributed by atoms with Gasteiger partial charge in [-0.2, -0.15) is 0 Å². The Morgan fingerprint density at radius 3 is 1.78 bits per heavy atom. The predicted molar refractivity (Wildman–Crippen MR) is 237 cm³/mol. The summed E-state index contributed by atoms with van der Waals surface area (Å²) in [7, 11) is 0. The number of nitrogens with two attached hydrogens (primary N) is 1. The molecule has 3 aliphatic rings. The Bertz CT molecular complexity index is 1670. The molecule has 0 radical (unpaired) electrons. The van der Waals surface area contributed by atoms with Crippen molar-refractivity contribution in [3.05, 3.63) is 85.1 Å². The molecule has 6 unspecified atom stereocenters. The van der Waals surface area contributed by atoms with Gasteiger partial charge in [0.05, 0.1) is 79.6 Å². The van der Waals surface area contributed by atoms with Crippen LogP contribution < -0.4 is 5.73 Å². The van der Waals surface area contributed by atoms with Crippen molar-refractivity contribution in [2.24, 2.45) is 23.5 Å². The third-order valence-corrected chi connectivity index (χ3v) is 12.0. The van der Waals surface area contributed by atoms with Crippen LogP contribution in [-0.2, 0) is 28.5 Å². The molecule has 19 atom stereocenters. The molecular weight excluding hydrogens is 851 g/mol. The number of esters is 1. The van der Waals surface area contributed by atoms with E-state index < -0.39 is 141 Å². The minimum absolute atomic E-state index is 0.140. The Kier molecular flexibility index (Phi) is 23.6. The first-order chi connectivity index (χ1) is 30.6. The van der Waals surface area contributed by atoms with Gasteiger partial charge in [0.1, 0.15) is 18.1 Å². The van der Waals surface area contributed by atoms with Crippen LogP contribution in [0.2, 0.25) is 0 Å². The Morgan fingerprint density at radius 2 is 1.20 bits per heavy atom. The first-order valence-electron chi connectivity index (χ1n) is 22.3. The molecular formula is C47H73NO17. The summed E-state index contributed by atoms with van der Waals surface area (Å²) in [5, 5.41) is 118. The Labute approximate surface area is 381 Å². The molecule has 18 nitrogen and oxygen atoms in total. The summed E-state index contributed by atoms with van der Waals surface area (Å²) in [5.41, 5.74) is 6.02. The minimum atomic E-state index is -2.36. The van der Waals surface area contributed by atoms with E-state index in [1.54, 1.807) is 86.8 Å². The Balaban J connectivity index is 1.86. The molecule has 13 N–H and O–H groups in total. The van der Waals surface area contributed by atoms with Gasteiger partial charge >= 0.3 is 11.9 Å². The van der Waals surface area contributed by atoms with Crippen LogP contribution in [0.5, 0.6) is 0 Å². The van der Waals surface area contributed by atoms with Gasteiger partial charge in [-0.15, -0.1) is 0 Å². The summed E-state index contributed by atoms with van der Waals surface area (Å²) in [6, 6.07) is -1.15. The van der Waals surface area contributed by atoms with Gasteiger partial charge in [-0.1, -0.05) is 98.9 Å². The smallest absolute Gasteiger partial charge is 0.311 e. The molecule has 65 heavy (non-hydrogen) atoms. The zero-order chi connectivity index (χ0) is 48.4. The zero-order valence-corrected chi connectivity index (χ0v) is 37.6. The van der Waals surface area contributed by atoms with E-state index in [1.165, 1.54) is 13.0 Å². The highest BCUT2D eigenvalue weighted by molar-refractivity contribution is 5.71. The topological polar surface area (TPSA) is 320 Å². The average Bonchev–Trinajstić information content (AvgIpc) is 3.21. The third-order valence-electron chi connectivity index (χ3n) is 12.0. The standard InChI is InChI=1S/C47H73NO17/c1-27-17-15-13-11-9-7-5-6-8-10-12-14-16-18-34(64-46-44(58)41(48)43(57)30(4)63-46)24-38-40(45(59)60)37(54)26-47(61,65-38)25-36(53)35(52)20-19-31(49)21-32(50)22-33(51)23-39(55)62-29(3)28(2)42(27)56/h5-18,27-38,40-44,46,49-54,56-58,61H,19-26,48H2,1-4H3,(H,59,60)/t27-,28-,29-,30?,31+,32+,33+,34-,35+,36+,37-,38?,40+,41?,42+,43?,44?,46?,47+/m0/s1. The number of carboxylic acid groups (broad SMARTS) is 1. The highest BCUT2D eigenvalue weighted by Gasteiger charge is 2.51. The number of carbonyl (C=O) groups is 2. The quantitative estimate of drug-likeness (QED) is 0.174. The number of aliphatic hydroxyl groups is 10. The Hall–Kier alpha value is -3.44. The van der Waals surface area contributed by atoms with E-state index in [2.05, 4.69) is 0 Å². The van der Waals surface area contributed by atoms with E-state index in [1.807, 2.05) is 13.0 Å². The van der Waals surface area contributed by atoms with Crippen molar-refractivity contribution in [3.63, 3.8) is 0 Å². The maximum Gasteiger partial charge on any atom is 0.311 e. The second-order valence-electron chi connectivity index (χ2n) is 17.6. The number of hydrogen-bond acceptors (Lipinski definition) is 17. The fourth-order valence-corrected chi connectivity index (χ4v) is 7.96. The lowest BCUT2D eigenvalue weighted by molar-refractivity contribution is -0.310. The molecule has 0 aromatic carbocycles. The predicted octanol–water partition coefficient (Wildman–Crippen LogP) is 0.712. The number of fused-ring (bicyclic) bond motifs is 2. The lowest BCUT2D eigenvalue weighted by Gasteiger charge is -2.45. The molecule has 0 amide bonds. The maximum atomic E-state index is 12.6. The summed E-state index contributed by atoms with van der Waals surface area (Å²) in [4.78, 5) is 25.1. The van der Waals surface area contributed by atoms with Crippen molar-refractivity contribution in [1.82, 2.24) is 0 Å². The van der Waals surface area contributed by atoms with E-state index in [9.17, 15) is 65.8 Å². The normalized spacial score (nSPS) is 42.0. The van der Waals surface area contributed by atoms with Crippen LogP contribution in [0.1, 0.15) is 79.1 Å². The number of carboxylic acids is 1. The molecule has 3 rings (SSSR count). The van der Waals surface area contributed by atoms with Gasteiger partial charge in [0.2, 0.25) is 0 Å². The van der Waals surface area contributed by atoms with Gasteiger partial charge in [0.25, 0.3) is 0 Å². The van der Waals surface area contributed by atoms with Crippen LogP contribution in [0.25, 0.3) is 0 Å². The summed E-state index contributed by atoms with van der Waals surface area (Å²) < 4.78 is 23.1. The first-order valence-corrected chi connectivity index (χ1v) is 22.3. The summed E-state index contributed by atoms with van der Waals surface area (Å²) in [6.07, 6.45) is 3.49. The molecule has 0 aromatic rings. The summed E-state index contributed by atoms with van der Waals surface area (Å²) >= 11 is 0. The summed E-state index contributed by atoms with van der Waals surface area (Å²) in [5.74, 6) is -6.88. The molecule has 368 valence electrons. The number of aliphatic hydroxyl groups excluding tert-OH is 9. The molecule has 0 aliphatic carbocycles. The largest absolute Gasteiger partial charge is 0.481 e. The maximum absolute atomic E-state index is 12.6. The number of hydrogen-bond donors (Lipinski definition) is 12. The lowest BCUT2D eigenvalue weighted by atomic mass is 9.82. The van der Waals surface area contributed by atoms with Crippen molar-refractivity contribution in [2.45, 2.75) is 177 Å². The molecule has 2 saturated heterocycles. The average molecular weight is 924 g/mol. The zero-order valence-electron chi connectivity index (χ0n) is 37.6. The van der Waals surface area contributed by atoms with Crippen LogP contribution in [0.4, 0.5) is 0 Å². The number of cyclic esters (lactones) is 1. The molecule has 18 heteroatoms. The van der Waals surface area contributed by atoms with Gasteiger partial charge in [0, 0.05) is 31.1 Å². The second kappa shape index (κ2) is 27.4. The van der Waals surface area contributed by atoms with Gasteiger partial charge in [-0.25, -0.2) is 0 Å². The SMILES string of the molecule is CC1OC(O[C@H]2C=CC=CC=CC=CC=CC=CC=C[C@H](C)[C@@H](O)[C@@H](C)[C@H](C)OC(=O)C[C@H](O)C[C@H](O)C[C@H](O)CC[C@@H](O)[C@H](O)C[C@]3(O)C[C@H](O)[C@@H](C(=O)O)C(C2)O3)C(O)C(N)C1O. The second-order valence-corrected chi connectivity index (χ2v) is 17.6. The molecule has 2 fully saturated rings. The van der Waals surface area contributed by atoms with Gasteiger partial charge in [0.15, 0.2) is 12.1 Å². The van der Waals surface area contributed by atoms with E-state index in [4.69, 9.17) is 24.7 Å². The van der Waals surface area contributed by atoms with E-state index in [0.717, 1.165) is 0 Å². The highest BCUT2D eigenvalue weighted by atomic mass is 16.7. The van der Waals surface area contributed by atoms with Gasteiger partial charge < -0.3 is 80.9 Å². The molecule has 0 spiro atoms. The van der Waals surface area contributed by atoms with Crippen LogP contribution in [-0.4, -0.2) is 166 Å². The third kappa shape index (κ3) is 18.6. The number of allylic oxidation sites excluding steroid dienone is 12. The fraction of sp³-hybridized carbons (Fsp3) is 0.660. The fourth-order valence-electron chi connectivity index (χ4n) is 7.96. The summed E-state index contributed by atoms with van der Waals surface area (Å²) in [6.45, 7) is 6.74. The van der Waals surface area contributed by atoms with Crippen LogP contribution in [0.3, 0.4) is 0 Å². The first kappa shape index (κ1) is 55.9. The number of carbonyl (C=O) groups excluding carboxylic acids is 1. The van der Waals surface area contributed by atoms with Gasteiger partial charge in [-0.05, 0) is 39.5 Å². The van der Waals surface area contributed by atoms with Crippen molar-refractivity contribution >= 4 is 11.9 Å². The number of aliphatic carboxylic acids is 1. The van der Waals surface area contributed by atoms with Gasteiger partial charge in [-0.3, -0.25) is 9.59 Å². The van der Waals surface area contributed by atoms with Crippen LogP contribution in [0.15, 0.2) is 85.1 Å². The molecule has 2 bridgehead atoms. The molecule has 0 aromatic heterocycles. The number of rotatable bonds is 3. The minimum Gasteiger partial charge on any atom is -0.481 e. The molecule has 0 saturated carbocycles. The van der Waals surface area contributed by atoms with Crippen molar-refractivity contribution < 1.29 is 84.7 Å². The van der Waals surface area contributed by atoms with E-state index in [0.29, 0.717) is 0 Å². The highest BCUT2D eigenvalue weighted by Crippen LogP contribution is 2.38. The van der Waals surface area contributed by atoms with Crippen LogP contribution in [0, 0.1) is 17.8 Å². The van der Waals surface area contributed by atoms with E-state index in [-0.39, 0.29) is 38.0 Å². The molecule has 3 aliphatic heterocycles. The molecule has 3 heterocycles.